The first-order valence-electron chi connectivity index (χ1n) is 3.80. The van der Waals surface area contributed by atoms with E-state index in [0.29, 0.717) is 12.2 Å². The smallest absolute Gasteiger partial charge is 0.333 e. The number of rotatable bonds is 4. The summed E-state index contributed by atoms with van der Waals surface area (Å²) in [6.07, 6.45) is -0.0655. The van der Waals surface area contributed by atoms with Gasteiger partial charge in [0, 0.05) is 19.1 Å². The Kier molecular flexibility index (Phi) is 4.26. The van der Waals surface area contributed by atoms with Crippen LogP contribution in [0.15, 0.2) is 12.2 Å². The first-order chi connectivity index (χ1) is 6.25. The number of hydrogen-bond donors (Lipinski definition) is 3. The second-order valence-corrected chi connectivity index (χ2v) is 2.82. The molecule has 6 nitrogen and oxygen atoms in total. The molecule has 3 N–H and O–H groups in total. The molecule has 0 saturated heterocycles. The van der Waals surface area contributed by atoms with Crippen LogP contribution in [-0.4, -0.2) is 39.1 Å². The molecule has 0 saturated carbocycles. The standard InChI is InChI=1S/C8H12O6/c1-5(9)8(2,13)14-7(12)4-3-6(10)11/h3-5,9,13H,1-2H3,(H,10,11). The highest BCUT2D eigenvalue weighted by Gasteiger charge is 2.30. The van der Waals surface area contributed by atoms with Crippen LogP contribution in [-0.2, 0) is 14.3 Å². The molecule has 0 rings (SSSR count). The van der Waals surface area contributed by atoms with E-state index in [0.717, 1.165) is 6.92 Å². The Hall–Kier alpha value is -1.40. The number of carbonyl (C=O) groups is 2. The highest BCUT2D eigenvalue weighted by atomic mass is 16.7. The molecule has 2 unspecified atom stereocenters. The number of carboxylic acid groups (broad SMARTS) is 1. The van der Waals surface area contributed by atoms with Crippen LogP contribution in [0, 0.1) is 0 Å². The van der Waals surface area contributed by atoms with Crippen LogP contribution < -0.4 is 0 Å². The van der Waals surface area contributed by atoms with Gasteiger partial charge in [-0.2, -0.15) is 0 Å². The number of esters is 1. The summed E-state index contributed by atoms with van der Waals surface area (Å²) in [5.74, 6) is -4.38. The molecule has 0 bridgehead atoms. The summed E-state index contributed by atoms with van der Waals surface area (Å²) >= 11 is 0. The highest BCUT2D eigenvalue weighted by molar-refractivity contribution is 5.90. The van der Waals surface area contributed by atoms with E-state index in [1.807, 2.05) is 0 Å². The molecule has 0 aliphatic rings. The Morgan fingerprint density at radius 1 is 1.43 bits per heavy atom. The molecule has 2 atom stereocenters. The molecule has 0 heterocycles. The monoisotopic (exact) mass is 204 g/mol. The van der Waals surface area contributed by atoms with Gasteiger partial charge in [-0.25, -0.2) is 9.59 Å². The zero-order valence-electron chi connectivity index (χ0n) is 7.80. The van der Waals surface area contributed by atoms with E-state index in [1.54, 1.807) is 0 Å². The summed E-state index contributed by atoms with van der Waals surface area (Å²) in [5, 5.41) is 26.4. The molecule has 80 valence electrons. The van der Waals surface area contributed by atoms with Gasteiger partial charge >= 0.3 is 11.9 Å². The van der Waals surface area contributed by atoms with Crippen molar-refractivity contribution in [2.24, 2.45) is 0 Å². The van der Waals surface area contributed by atoms with Gasteiger partial charge in [-0.15, -0.1) is 0 Å². The Balaban J connectivity index is 4.26. The fourth-order valence-electron chi connectivity index (χ4n) is 0.462. The number of carbonyl (C=O) groups excluding carboxylic acids is 1. The molecule has 6 heteroatoms. The molecule has 0 aromatic carbocycles. The minimum atomic E-state index is -2.03. The SMILES string of the molecule is CC(O)C(C)(O)OC(=O)C=CC(=O)O. The zero-order chi connectivity index (χ0) is 11.4. The molecule has 0 fully saturated rings. The predicted octanol–water partition coefficient (Wildman–Crippen LogP) is -0.740. The Morgan fingerprint density at radius 3 is 2.29 bits per heavy atom. The topological polar surface area (TPSA) is 104 Å². The van der Waals surface area contributed by atoms with Gasteiger partial charge in [-0.1, -0.05) is 0 Å². The van der Waals surface area contributed by atoms with Crippen molar-refractivity contribution in [3.8, 4) is 0 Å². The van der Waals surface area contributed by atoms with E-state index in [4.69, 9.17) is 10.2 Å². The molecule has 0 aliphatic heterocycles. The second-order valence-electron chi connectivity index (χ2n) is 2.82. The average molecular weight is 204 g/mol. The van der Waals surface area contributed by atoms with Crippen LogP contribution in [0.3, 0.4) is 0 Å². The van der Waals surface area contributed by atoms with Crippen LogP contribution in [0.1, 0.15) is 13.8 Å². The van der Waals surface area contributed by atoms with Crippen LogP contribution in [0.2, 0.25) is 0 Å². The summed E-state index contributed by atoms with van der Waals surface area (Å²) in [5.41, 5.74) is 0. The Morgan fingerprint density at radius 2 is 1.93 bits per heavy atom. The molecular weight excluding hydrogens is 192 g/mol. The molecule has 0 spiro atoms. The van der Waals surface area contributed by atoms with Gasteiger partial charge in [0.1, 0.15) is 6.10 Å². The van der Waals surface area contributed by atoms with Gasteiger partial charge in [0.2, 0.25) is 5.79 Å². The number of aliphatic carboxylic acids is 1. The maximum Gasteiger partial charge on any atom is 0.333 e. The minimum absolute atomic E-state index is 0.570. The van der Waals surface area contributed by atoms with Crippen molar-refractivity contribution >= 4 is 11.9 Å². The molecule has 0 aromatic rings. The van der Waals surface area contributed by atoms with Crippen LogP contribution >= 0.6 is 0 Å². The maximum absolute atomic E-state index is 10.8. The van der Waals surface area contributed by atoms with E-state index in [1.165, 1.54) is 6.92 Å². The van der Waals surface area contributed by atoms with Crippen LogP contribution in [0.5, 0.6) is 0 Å². The van der Waals surface area contributed by atoms with Crippen molar-refractivity contribution in [3.63, 3.8) is 0 Å². The van der Waals surface area contributed by atoms with Crippen molar-refractivity contribution in [2.45, 2.75) is 25.7 Å². The lowest BCUT2D eigenvalue weighted by Gasteiger charge is -2.25. The summed E-state index contributed by atoms with van der Waals surface area (Å²) in [6.45, 7) is 2.32. The fourth-order valence-corrected chi connectivity index (χ4v) is 0.462. The van der Waals surface area contributed by atoms with Gasteiger partial charge in [0.05, 0.1) is 0 Å². The first kappa shape index (κ1) is 12.6. The Bertz CT molecular complexity index is 253. The normalized spacial score (nSPS) is 17.4. The minimum Gasteiger partial charge on any atom is -0.478 e. The van der Waals surface area contributed by atoms with E-state index in [2.05, 4.69) is 4.74 Å². The fraction of sp³-hybridized carbons (Fsp3) is 0.500. The van der Waals surface area contributed by atoms with Gasteiger partial charge < -0.3 is 20.1 Å². The molecule has 0 radical (unpaired) electrons. The molecule has 0 amide bonds. The van der Waals surface area contributed by atoms with Crippen LogP contribution in [0.25, 0.3) is 0 Å². The van der Waals surface area contributed by atoms with Crippen molar-refractivity contribution in [3.05, 3.63) is 12.2 Å². The largest absolute Gasteiger partial charge is 0.478 e. The third-order valence-electron chi connectivity index (χ3n) is 1.44. The zero-order valence-corrected chi connectivity index (χ0v) is 7.80. The molecule has 0 aromatic heterocycles. The first-order valence-corrected chi connectivity index (χ1v) is 3.80. The molecule has 0 aliphatic carbocycles. The lowest BCUT2D eigenvalue weighted by Crippen LogP contribution is -2.41. The quantitative estimate of drug-likeness (QED) is 0.316. The lowest BCUT2D eigenvalue weighted by molar-refractivity contribution is -0.230. The van der Waals surface area contributed by atoms with Crippen LogP contribution in [0.4, 0.5) is 0 Å². The summed E-state index contributed by atoms with van der Waals surface area (Å²) in [6, 6.07) is 0. The summed E-state index contributed by atoms with van der Waals surface area (Å²) in [7, 11) is 0. The van der Waals surface area contributed by atoms with E-state index < -0.39 is 23.8 Å². The maximum atomic E-state index is 10.8. The van der Waals surface area contributed by atoms with Gasteiger partial charge in [0.25, 0.3) is 0 Å². The second kappa shape index (κ2) is 4.73. The number of hydrogen-bond acceptors (Lipinski definition) is 5. The van der Waals surface area contributed by atoms with E-state index in [9.17, 15) is 14.7 Å². The van der Waals surface area contributed by atoms with Gasteiger partial charge in [-0.05, 0) is 6.92 Å². The summed E-state index contributed by atoms with van der Waals surface area (Å²) < 4.78 is 4.37. The summed E-state index contributed by atoms with van der Waals surface area (Å²) in [4.78, 5) is 20.8. The van der Waals surface area contributed by atoms with Gasteiger partial charge in [-0.3, -0.25) is 0 Å². The molecule has 14 heavy (non-hydrogen) atoms. The van der Waals surface area contributed by atoms with Gasteiger partial charge in [0.15, 0.2) is 0 Å². The average Bonchev–Trinajstić information content (AvgIpc) is 1.99. The number of ether oxygens (including phenoxy) is 1. The van der Waals surface area contributed by atoms with Crippen molar-refractivity contribution in [1.82, 2.24) is 0 Å². The molecular formula is C8H12O6. The van der Waals surface area contributed by atoms with E-state index in [-0.39, 0.29) is 0 Å². The lowest BCUT2D eigenvalue weighted by atomic mass is 10.2. The Labute approximate surface area is 80.4 Å². The third-order valence-corrected chi connectivity index (χ3v) is 1.44. The number of aliphatic hydroxyl groups is 2. The van der Waals surface area contributed by atoms with Crippen molar-refractivity contribution in [2.75, 3.05) is 0 Å². The van der Waals surface area contributed by atoms with Crippen molar-refractivity contribution in [1.29, 1.82) is 0 Å². The highest BCUT2D eigenvalue weighted by Crippen LogP contribution is 2.11. The predicted molar refractivity (Wildman–Crippen MR) is 45.2 cm³/mol. The van der Waals surface area contributed by atoms with E-state index >= 15 is 0 Å². The number of aliphatic hydroxyl groups excluding tert-OH is 1. The van der Waals surface area contributed by atoms with Crippen molar-refractivity contribution < 1.29 is 29.6 Å². The number of carboxylic acids is 1. The third kappa shape index (κ3) is 4.58.